The highest BCUT2D eigenvalue weighted by Gasteiger charge is 2.33. The van der Waals surface area contributed by atoms with Gasteiger partial charge in [-0.05, 0) is 56.0 Å². The average Bonchev–Trinajstić information content (AvgIpc) is 3.18. The number of nitrogens with zero attached hydrogens (tertiary/aromatic N) is 2. The molecule has 0 unspecified atom stereocenters. The zero-order valence-electron chi connectivity index (χ0n) is 17.1. The number of carbonyl (C=O) groups is 1. The number of hydrogen-bond donors (Lipinski definition) is 2. The van der Waals surface area contributed by atoms with Crippen LogP contribution in [0.15, 0.2) is 18.2 Å². The maximum absolute atomic E-state index is 12.6. The van der Waals surface area contributed by atoms with Crippen molar-refractivity contribution in [3.05, 3.63) is 34.9 Å². The van der Waals surface area contributed by atoms with E-state index in [4.69, 9.17) is 5.41 Å². The second-order valence-electron chi connectivity index (χ2n) is 8.71. The van der Waals surface area contributed by atoms with Crippen LogP contribution in [0.2, 0.25) is 0 Å². The minimum atomic E-state index is 0.191. The Kier molecular flexibility index (Phi) is 5.54. The molecule has 1 aliphatic carbocycles. The monoisotopic (exact) mass is 380 g/mol. The molecular formula is C23H32N4O. The number of nitrogens with one attached hydrogen (secondary N) is 2. The molecule has 0 bridgehead atoms. The highest BCUT2D eigenvalue weighted by Crippen LogP contribution is 2.31. The Labute approximate surface area is 168 Å². The third-order valence-corrected chi connectivity index (χ3v) is 6.55. The van der Waals surface area contributed by atoms with Gasteiger partial charge in [0.25, 0.3) is 0 Å². The van der Waals surface area contributed by atoms with Gasteiger partial charge in [0, 0.05) is 49.7 Å². The molecule has 5 heteroatoms. The highest BCUT2D eigenvalue weighted by molar-refractivity contribution is 5.90. The van der Waals surface area contributed by atoms with Crippen molar-refractivity contribution >= 4 is 23.4 Å². The molecule has 3 aliphatic rings. The molecule has 1 aromatic rings. The normalized spacial score (nSPS) is 21.4. The summed E-state index contributed by atoms with van der Waals surface area (Å²) in [5.41, 5.74) is 5.79. The molecule has 1 saturated heterocycles. The van der Waals surface area contributed by atoms with E-state index in [9.17, 15) is 4.79 Å². The van der Waals surface area contributed by atoms with E-state index in [1.165, 1.54) is 43.0 Å². The highest BCUT2D eigenvalue weighted by atomic mass is 16.2. The number of likely N-dealkylation sites (tertiary alicyclic amines) is 1. The lowest BCUT2D eigenvalue weighted by atomic mass is 9.93. The number of carbonyl (C=O) groups excluding carboxylic acids is 1. The standard InChI is InChI=1S/C23H32N4O/c1-16-11-18(12-22(21(16)13-24)25-20-5-3-4-6-20)17-7-9-27(10-8-17)23(28)19-14-26(2)15-19/h7,11-13,19-20,24-25H,3-6,8-10,14-15H2,1-2H3. The fraction of sp³-hybridized carbons (Fsp3) is 0.565. The van der Waals surface area contributed by atoms with E-state index in [0.29, 0.717) is 18.5 Å². The summed E-state index contributed by atoms with van der Waals surface area (Å²) in [6.45, 7) is 5.40. The molecule has 0 spiro atoms. The molecule has 2 fully saturated rings. The summed E-state index contributed by atoms with van der Waals surface area (Å²) in [5.74, 6) is 0.503. The summed E-state index contributed by atoms with van der Waals surface area (Å²) < 4.78 is 0. The van der Waals surface area contributed by atoms with Crippen LogP contribution in [-0.2, 0) is 4.79 Å². The van der Waals surface area contributed by atoms with Crippen LogP contribution in [0, 0.1) is 18.3 Å². The molecule has 0 radical (unpaired) electrons. The average molecular weight is 381 g/mol. The topological polar surface area (TPSA) is 59.4 Å². The van der Waals surface area contributed by atoms with Crippen molar-refractivity contribution in [1.29, 1.82) is 5.41 Å². The smallest absolute Gasteiger partial charge is 0.228 e. The van der Waals surface area contributed by atoms with Crippen molar-refractivity contribution in [3.8, 4) is 0 Å². The van der Waals surface area contributed by atoms with E-state index in [1.807, 2.05) is 4.90 Å². The predicted molar refractivity (Wildman–Crippen MR) is 115 cm³/mol. The summed E-state index contributed by atoms with van der Waals surface area (Å²) >= 11 is 0. The van der Waals surface area contributed by atoms with E-state index in [1.54, 1.807) is 0 Å². The zero-order valence-corrected chi connectivity index (χ0v) is 17.1. The molecule has 1 amide bonds. The number of amides is 1. The van der Waals surface area contributed by atoms with Crippen LogP contribution >= 0.6 is 0 Å². The van der Waals surface area contributed by atoms with Crippen molar-refractivity contribution in [2.24, 2.45) is 5.92 Å². The minimum absolute atomic E-state index is 0.191. The van der Waals surface area contributed by atoms with Gasteiger partial charge in [0.1, 0.15) is 0 Å². The van der Waals surface area contributed by atoms with Crippen LogP contribution in [0.3, 0.4) is 0 Å². The van der Waals surface area contributed by atoms with Crippen LogP contribution in [-0.4, -0.2) is 61.2 Å². The molecule has 2 N–H and O–H groups in total. The first-order valence-electron chi connectivity index (χ1n) is 10.6. The molecule has 4 rings (SSSR count). The Morgan fingerprint density at radius 1 is 1.25 bits per heavy atom. The molecule has 1 aromatic carbocycles. The summed E-state index contributed by atoms with van der Waals surface area (Å²) in [7, 11) is 2.06. The van der Waals surface area contributed by atoms with Crippen LogP contribution in [0.4, 0.5) is 5.69 Å². The van der Waals surface area contributed by atoms with Crippen LogP contribution in [0.1, 0.15) is 48.8 Å². The Morgan fingerprint density at radius 2 is 2.00 bits per heavy atom. The van der Waals surface area contributed by atoms with Gasteiger partial charge in [0.15, 0.2) is 0 Å². The Hall–Kier alpha value is -2.14. The summed E-state index contributed by atoms with van der Waals surface area (Å²) in [5, 5.41) is 11.5. The van der Waals surface area contributed by atoms with Gasteiger partial charge in [-0.25, -0.2) is 0 Å². The van der Waals surface area contributed by atoms with Gasteiger partial charge >= 0.3 is 0 Å². The van der Waals surface area contributed by atoms with Gasteiger partial charge in [0.2, 0.25) is 5.91 Å². The van der Waals surface area contributed by atoms with Gasteiger partial charge in [-0.3, -0.25) is 4.79 Å². The fourth-order valence-electron chi connectivity index (χ4n) is 4.83. The first-order chi connectivity index (χ1) is 13.5. The second kappa shape index (κ2) is 8.08. The van der Waals surface area contributed by atoms with Crippen molar-refractivity contribution in [1.82, 2.24) is 9.80 Å². The number of benzene rings is 1. The van der Waals surface area contributed by atoms with Gasteiger partial charge in [-0.2, -0.15) is 0 Å². The number of hydrogen-bond acceptors (Lipinski definition) is 4. The zero-order chi connectivity index (χ0) is 19.7. The molecule has 5 nitrogen and oxygen atoms in total. The Balaban J connectivity index is 1.50. The maximum Gasteiger partial charge on any atom is 0.228 e. The van der Waals surface area contributed by atoms with Crippen LogP contribution in [0.5, 0.6) is 0 Å². The van der Waals surface area contributed by atoms with Crippen molar-refractivity contribution < 1.29 is 4.79 Å². The third kappa shape index (κ3) is 3.86. The predicted octanol–water partition coefficient (Wildman–Crippen LogP) is 3.52. The van der Waals surface area contributed by atoms with Crippen molar-refractivity contribution in [2.45, 2.75) is 45.1 Å². The van der Waals surface area contributed by atoms with Crippen molar-refractivity contribution in [2.75, 3.05) is 38.5 Å². The van der Waals surface area contributed by atoms with E-state index in [-0.39, 0.29) is 5.92 Å². The van der Waals surface area contributed by atoms with E-state index in [2.05, 4.69) is 42.4 Å². The lowest BCUT2D eigenvalue weighted by Crippen LogP contribution is -2.53. The molecule has 1 saturated carbocycles. The fourth-order valence-corrected chi connectivity index (χ4v) is 4.83. The first-order valence-corrected chi connectivity index (χ1v) is 10.6. The van der Waals surface area contributed by atoms with Gasteiger partial charge in [-0.1, -0.05) is 25.0 Å². The maximum atomic E-state index is 12.6. The Bertz CT molecular complexity index is 788. The van der Waals surface area contributed by atoms with E-state index >= 15 is 0 Å². The van der Waals surface area contributed by atoms with Gasteiger partial charge in [-0.15, -0.1) is 0 Å². The summed E-state index contributed by atoms with van der Waals surface area (Å²) in [6, 6.07) is 4.95. The third-order valence-electron chi connectivity index (χ3n) is 6.55. The van der Waals surface area contributed by atoms with E-state index < -0.39 is 0 Å². The number of aryl methyl sites for hydroxylation is 1. The summed E-state index contributed by atoms with van der Waals surface area (Å²) in [4.78, 5) is 16.8. The number of rotatable bonds is 5. The molecule has 0 aromatic heterocycles. The lowest BCUT2D eigenvalue weighted by Gasteiger charge is -2.39. The van der Waals surface area contributed by atoms with Crippen LogP contribution < -0.4 is 5.32 Å². The first kappa shape index (κ1) is 19.2. The molecule has 2 heterocycles. The number of anilines is 1. The quantitative estimate of drug-likeness (QED) is 0.769. The molecule has 28 heavy (non-hydrogen) atoms. The van der Waals surface area contributed by atoms with Gasteiger partial charge in [0.05, 0.1) is 5.92 Å². The lowest BCUT2D eigenvalue weighted by molar-refractivity contribution is -0.140. The molecular weight excluding hydrogens is 348 g/mol. The van der Waals surface area contributed by atoms with E-state index in [0.717, 1.165) is 42.9 Å². The minimum Gasteiger partial charge on any atom is -0.382 e. The Morgan fingerprint density at radius 3 is 2.61 bits per heavy atom. The van der Waals surface area contributed by atoms with Crippen molar-refractivity contribution in [3.63, 3.8) is 0 Å². The molecule has 150 valence electrons. The molecule has 0 atom stereocenters. The van der Waals surface area contributed by atoms with Crippen LogP contribution in [0.25, 0.3) is 5.57 Å². The largest absolute Gasteiger partial charge is 0.382 e. The SMILES string of the molecule is Cc1cc(C2=CCN(C(=O)C3CN(C)C3)CC2)cc(NC2CCCC2)c1C=N. The molecule has 2 aliphatic heterocycles. The second-order valence-corrected chi connectivity index (χ2v) is 8.71. The summed E-state index contributed by atoms with van der Waals surface area (Å²) in [6.07, 6.45) is 9.63. The van der Waals surface area contributed by atoms with Gasteiger partial charge < -0.3 is 20.5 Å².